The van der Waals surface area contributed by atoms with Crippen molar-refractivity contribution in [2.45, 2.75) is 39.5 Å². The molecule has 0 saturated heterocycles. The molecule has 0 aliphatic rings. The van der Waals surface area contributed by atoms with Crippen LogP contribution in [-0.4, -0.2) is 23.4 Å². The molecule has 74 valence electrons. The summed E-state index contributed by atoms with van der Waals surface area (Å²) in [7, 11) is 0. The van der Waals surface area contributed by atoms with E-state index in [0.717, 1.165) is 12.8 Å². The van der Waals surface area contributed by atoms with Crippen LogP contribution < -0.4 is 0 Å². The van der Waals surface area contributed by atoms with Gasteiger partial charge in [-0.3, -0.25) is 0 Å². The first-order valence-corrected chi connectivity index (χ1v) is 4.92. The second kappa shape index (κ2) is 7.56. The number of aliphatic hydroxyl groups is 2. The molecule has 0 fully saturated rings. The highest BCUT2D eigenvalue weighted by atomic mass is 16.3. The highest BCUT2D eigenvalue weighted by Crippen LogP contribution is 2.16. The van der Waals surface area contributed by atoms with Gasteiger partial charge in [-0.1, -0.05) is 26.7 Å². The van der Waals surface area contributed by atoms with Gasteiger partial charge in [0.1, 0.15) is 0 Å². The van der Waals surface area contributed by atoms with Crippen molar-refractivity contribution < 1.29 is 10.2 Å². The van der Waals surface area contributed by atoms with Crippen molar-refractivity contribution in [1.82, 2.24) is 0 Å². The smallest absolute Gasteiger partial charge is 0.0433 e. The largest absolute Gasteiger partial charge is 0.396 e. The summed E-state index contributed by atoms with van der Waals surface area (Å²) in [5.74, 6) is 1.24. The predicted octanol–water partition coefficient (Wildman–Crippen LogP) is 1.80. The standard InChI is InChI=1S/C10H22O2/c1-9(5-7-11)3-4-10(2)6-8-12/h9-12H,3-8H2,1-2H3. The summed E-state index contributed by atoms with van der Waals surface area (Å²) >= 11 is 0. The molecular formula is C10H22O2. The van der Waals surface area contributed by atoms with Crippen molar-refractivity contribution in [3.63, 3.8) is 0 Å². The van der Waals surface area contributed by atoms with Crippen LogP contribution in [0.2, 0.25) is 0 Å². The maximum atomic E-state index is 8.67. The van der Waals surface area contributed by atoms with Crippen LogP contribution in [0.25, 0.3) is 0 Å². The molecule has 0 amide bonds. The Bertz CT molecular complexity index is 81.8. The Labute approximate surface area is 75.6 Å². The predicted molar refractivity (Wildman–Crippen MR) is 51.0 cm³/mol. The normalized spacial score (nSPS) is 16.0. The molecule has 0 heterocycles. The average molecular weight is 174 g/mol. The molecule has 2 nitrogen and oxygen atoms in total. The summed E-state index contributed by atoms with van der Waals surface area (Å²) in [5, 5.41) is 17.3. The van der Waals surface area contributed by atoms with Gasteiger partial charge in [0, 0.05) is 13.2 Å². The summed E-state index contributed by atoms with van der Waals surface area (Å²) < 4.78 is 0. The lowest BCUT2D eigenvalue weighted by Crippen LogP contribution is -2.03. The van der Waals surface area contributed by atoms with Gasteiger partial charge in [0.15, 0.2) is 0 Å². The molecule has 0 aromatic heterocycles. The molecule has 0 bridgehead atoms. The summed E-state index contributed by atoms with van der Waals surface area (Å²) in [6.07, 6.45) is 4.15. The van der Waals surface area contributed by atoms with Crippen LogP contribution >= 0.6 is 0 Å². The second-order valence-corrected chi connectivity index (χ2v) is 3.81. The molecule has 0 radical (unpaired) electrons. The van der Waals surface area contributed by atoms with Crippen LogP contribution in [0.15, 0.2) is 0 Å². The van der Waals surface area contributed by atoms with E-state index in [-0.39, 0.29) is 0 Å². The van der Waals surface area contributed by atoms with E-state index in [1.165, 1.54) is 12.8 Å². The Morgan fingerprint density at radius 2 is 1.08 bits per heavy atom. The number of hydrogen-bond donors (Lipinski definition) is 2. The maximum Gasteiger partial charge on any atom is 0.0433 e. The molecule has 0 aromatic rings. The minimum atomic E-state index is 0.301. The third-order valence-corrected chi connectivity index (χ3v) is 2.40. The van der Waals surface area contributed by atoms with E-state index in [4.69, 9.17) is 10.2 Å². The van der Waals surface area contributed by atoms with Crippen LogP contribution in [0.3, 0.4) is 0 Å². The molecule has 0 rings (SSSR count). The fourth-order valence-corrected chi connectivity index (χ4v) is 1.30. The molecule has 0 saturated carbocycles. The molecule has 12 heavy (non-hydrogen) atoms. The van der Waals surface area contributed by atoms with Crippen molar-refractivity contribution in [2.75, 3.05) is 13.2 Å². The fraction of sp³-hybridized carbons (Fsp3) is 1.00. The van der Waals surface area contributed by atoms with Crippen LogP contribution in [0, 0.1) is 11.8 Å². The summed E-state index contributed by atoms with van der Waals surface area (Å²) in [4.78, 5) is 0. The summed E-state index contributed by atoms with van der Waals surface area (Å²) in [5.41, 5.74) is 0. The van der Waals surface area contributed by atoms with Crippen LogP contribution in [0.4, 0.5) is 0 Å². The Morgan fingerprint density at radius 3 is 1.33 bits per heavy atom. The van der Waals surface area contributed by atoms with E-state index >= 15 is 0 Å². The van der Waals surface area contributed by atoms with Gasteiger partial charge in [-0.15, -0.1) is 0 Å². The van der Waals surface area contributed by atoms with Crippen molar-refractivity contribution in [3.8, 4) is 0 Å². The van der Waals surface area contributed by atoms with Gasteiger partial charge in [-0.05, 0) is 24.7 Å². The second-order valence-electron chi connectivity index (χ2n) is 3.81. The van der Waals surface area contributed by atoms with Gasteiger partial charge >= 0.3 is 0 Å². The van der Waals surface area contributed by atoms with Gasteiger partial charge in [0.25, 0.3) is 0 Å². The third-order valence-electron chi connectivity index (χ3n) is 2.40. The van der Waals surface area contributed by atoms with E-state index in [0.29, 0.717) is 25.0 Å². The summed E-state index contributed by atoms with van der Waals surface area (Å²) in [6, 6.07) is 0. The van der Waals surface area contributed by atoms with Gasteiger partial charge in [0.05, 0.1) is 0 Å². The monoisotopic (exact) mass is 174 g/mol. The topological polar surface area (TPSA) is 40.5 Å². The minimum absolute atomic E-state index is 0.301. The number of rotatable bonds is 7. The van der Waals surface area contributed by atoms with Crippen molar-refractivity contribution in [3.05, 3.63) is 0 Å². The molecule has 2 N–H and O–H groups in total. The lowest BCUT2D eigenvalue weighted by Gasteiger charge is -2.13. The van der Waals surface area contributed by atoms with Crippen LogP contribution in [0.5, 0.6) is 0 Å². The van der Waals surface area contributed by atoms with Gasteiger partial charge in [-0.25, -0.2) is 0 Å². The Kier molecular flexibility index (Phi) is 7.51. The van der Waals surface area contributed by atoms with Crippen LogP contribution in [0.1, 0.15) is 39.5 Å². The Hall–Kier alpha value is -0.0800. The molecule has 2 unspecified atom stereocenters. The van der Waals surface area contributed by atoms with E-state index in [1.54, 1.807) is 0 Å². The number of hydrogen-bond acceptors (Lipinski definition) is 2. The average Bonchev–Trinajstić information content (AvgIpc) is 2.02. The highest BCUT2D eigenvalue weighted by molar-refractivity contribution is 4.57. The summed E-state index contributed by atoms with van der Waals surface area (Å²) in [6.45, 7) is 4.94. The SMILES string of the molecule is CC(CCO)CCC(C)CCO. The van der Waals surface area contributed by atoms with Crippen LogP contribution in [-0.2, 0) is 0 Å². The van der Waals surface area contributed by atoms with Crippen molar-refractivity contribution >= 4 is 0 Å². The molecule has 0 aliphatic heterocycles. The molecular weight excluding hydrogens is 152 g/mol. The van der Waals surface area contributed by atoms with Crippen molar-refractivity contribution in [1.29, 1.82) is 0 Å². The zero-order valence-corrected chi connectivity index (χ0v) is 8.29. The van der Waals surface area contributed by atoms with Gasteiger partial charge in [-0.2, -0.15) is 0 Å². The van der Waals surface area contributed by atoms with E-state index in [2.05, 4.69) is 13.8 Å². The Balaban J connectivity index is 3.27. The molecule has 0 spiro atoms. The van der Waals surface area contributed by atoms with Gasteiger partial charge in [0.2, 0.25) is 0 Å². The molecule has 2 heteroatoms. The zero-order chi connectivity index (χ0) is 9.40. The lowest BCUT2D eigenvalue weighted by molar-refractivity contribution is 0.237. The minimum Gasteiger partial charge on any atom is -0.396 e. The maximum absolute atomic E-state index is 8.67. The molecule has 0 aromatic carbocycles. The first-order valence-electron chi connectivity index (χ1n) is 4.92. The molecule has 2 atom stereocenters. The van der Waals surface area contributed by atoms with E-state index in [9.17, 15) is 0 Å². The third kappa shape index (κ3) is 6.62. The van der Waals surface area contributed by atoms with Crippen molar-refractivity contribution in [2.24, 2.45) is 11.8 Å². The molecule has 0 aliphatic carbocycles. The number of aliphatic hydroxyl groups excluding tert-OH is 2. The Morgan fingerprint density at radius 1 is 0.750 bits per heavy atom. The first-order chi connectivity index (χ1) is 5.70. The van der Waals surface area contributed by atoms with E-state index < -0.39 is 0 Å². The highest BCUT2D eigenvalue weighted by Gasteiger charge is 2.05. The first kappa shape index (κ1) is 11.9. The van der Waals surface area contributed by atoms with E-state index in [1.807, 2.05) is 0 Å². The lowest BCUT2D eigenvalue weighted by atomic mass is 9.94. The van der Waals surface area contributed by atoms with Gasteiger partial charge < -0.3 is 10.2 Å². The quantitative estimate of drug-likeness (QED) is 0.618. The zero-order valence-electron chi connectivity index (χ0n) is 8.29. The fourth-order valence-electron chi connectivity index (χ4n) is 1.30.